The Labute approximate surface area is 140 Å². The summed E-state index contributed by atoms with van der Waals surface area (Å²) < 4.78 is 38.4. The van der Waals surface area contributed by atoms with E-state index in [0.29, 0.717) is 37.8 Å². The zero-order chi connectivity index (χ0) is 17.7. The maximum absolute atomic E-state index is 12.8. The molecule has 24 heavy (non-hydrogen) atoms. The maximum Gasteiger partial charge on any atom is 0.416 e. The Kier molecular flexibility index (Phi) is 6.10. The van der Waals surface area contributed by atoms with Crippen molar-refractivity contribution in [2.75, 3.05) is 44.2 Å². The van der Waals surface area contributed by atoms with Gasteiger partial charge in [-0.2, -0.15) is 13.2 Å². The van der Waals surface area contributed by atoms with Crippen LogP contribution in [0.1, 0.15) is 19.4 Å². The fourth-order valence-corrected chi connectivity index (χ4v) is 2.74. The zero-order valence-electron chi connectivity index (χ0n) is 14.1. The number of carbonyl (C=O) groups is 1. The number of halogens is 3. The lowest BCUT2D eigenvalue weighted by Gasteiger charge is -2.33. The van der Waals surface area contributed by atoms with Crippen LogP contribution in [0.25, 0.3) is 0 Å². The summed E-state index contributed by atoms with van der Waals surface area (Å²) in [6, 6.07) is 5.43. The third-order valence-electron chi connectivity index (χ3n) is 4.13. The molecule has 4 nitrogen and oxygen atoms in total. The summed E-state index contributed by atoms with van der Waals surface area (Å²) in [6.45, 7) is 7.95. The van der Waals surface area contributed by atoms with Gasteiger partial charge in [0.25, 0.3) is 5.91 Å². The number of carbonyl (C=O) groups excluding carboxylic acids is 1. The molecule has 1 saturated heterocycles. The minimum Gasteiger partial charge on any atom is -0.360 e. The number of nitrogens with one attached hydrogen (secondary N) is 2. The molecule has 0 spiro atoms. The first-order valence-corrected chi connectivity index (χ1v) is 8.28. The normalized spacial score (nSPS) is 16.5. The SMILES string of the molecule is CC(C)CNC(=O)C[NH+]1CCN(c2cccc(C(F)(F)F)c2)CC1. The predicted octanol–water partition coefficient (Wildman–Crippen LogP) is 1.18. The quantitative estimate of drug-likeness (QED) is 0.842. The van der Waals surface area contributed by atoms with Crippen LogP contribution in [0.5, 0.6) is 0 Å². The Balaban J connectivity index is 1.86. The lowest BCUT2D eigenvalue weighted by molar-refractivity contribution is -0.892. The molecule has 1 aliphatic heterocycles. The van der Waals surface area contributed by atoms with Crippen LogP contribution in [0.2, 0.25) is 0 Å². The van der Waals surface area contributed by atoms with Crippen LogP contribution in [-0.4, -0.2) is 45.2 Å². The van der Waals surface area contributed by atoms with Gasteiger partial charge in [-0.05, 0) is 24.1 Å². The molecular formula is C17H25F3N3O+. The smallest absolute Gasteiger partial charge is 0.360 e. The monoisotopic (exact) mass is 344 g/mol. The van der Waals surface area contributed by atoms with Crippen molar-refractivity contribution in [2.45, 2.75) is 20.0 Å². The van der Waals surface area contributed by atoms with Crippen molar-refractivity contribution in [3.63, 3.8) is 0 Å². The summed E-state index contributed by atoms with van der Waals surface area (Å²) in [5.74, 6) is 0.452. The standard InChI is InChI=1S/C17H24F3N3O/c1-13(2)11-21-16(24)12-22-6-8-23(9-7-22)15-5-3-4-14(10-15)17(18,19)20/h3-5,10,13H,6-9,11-12H2,1-2H3,(H,21,24)/p+1. The third kappa shape index (κ3) is 5.40. The molecule has 0 saturated carbocycles. The second-order valence-corrected chi connectivity index (χ2v) is 6.66. The maximum atomic E-state index is 12.8. The summed E-state index contributed by atoms with van der Waals surface area (Å²) >= 11 is 0. The van der Waals surface area contributed by atoms with Gasteiger partial charge in [0.2, 0.25) is 0 Å². The van der Waals surface area contributed by atoms with Gasteiger partial charge in [-0.25, -0.2) is 0 Å². The van der Waals surface area contributed by atoms with Gasteiger partial charge in [0, 0.05) is 12.2 Å². The van der Waals surface area contributed by atoms with E-state index in [1.54, 1.807) is 6.07 Å². The van der Waals surface area contributed by atoms with Crippen molar-refractivity contribution in [3.05, 3.63) is 29.8 Å². The number of anilines is 1. The molecule has 0 atom stereocenters. The first-order valence-electron chi connectivity index (χ1n) is 8.28. The number of hydrogen-bond donors (Lipinski definition) is 2. The largest absolute Gasteiger partial charge is 0.416 e. The highest BCUT2D eigenvalue weighted by atomic mass is 19.4. The molecule has 0 unspecified atom stereocenters. The van der Waals surface area contributed by atoms with Gasteiger partial charge < -0.3 is 15.1 Å². The molecule has 0 bridgehead atoms. The highest BCUT2D eigenvalue weighted by Crippen LogP contribution is 2.31. The number of alkyl halides is 3. The summed E-state index contributed by atoms with van der Waals surface area (Å²) in [5, 5.41) is 2.90. The molecule has 0 radical (unpaired) electrons. The molecular weight excluding hydrogens is 319 g/mol. The van der Waals surface area contributed by atoms with E-state index in [4.69, 9.17) is 0 Å². The molecule has 0 aromatic heterocycles. The van der Waals surface area contributed by atoms with E-state index in [9.17, 15) is 18.0 Å². The Morgan fingerprint density at radius 2 is 1.96 bits per heavy atom. The van der Waals surface area contributed by atoms with E-state index in [-0.39, 0.29) is 5.91 Å². The van der Waals surface area contributed by atoms with Gasteiger partial charge in [0.05, 0.1) is 31.7 Å². The van der Waals surface area contributed by atoms with Gasteiger partial charge in [0.15, 0.2) is 6.54 Å². The van der Waals surface area contributed by atoms with Crippen LogP contribution in [0.4, 0.5) is 18.9 Å². The van der Waals surface area contributed by atoms with Crippen LogP contribution < -0.4 is 15.1 Å². The molecule has 1 aliphatic rings. The molecule has 2 rings (SSSR count). The Morgan fingerprint density at radius 3 is 2.54 bits per heavy atom. The lowest BCUT2D eigenvalue weighted by atomic mass is 10.1. The van der Waals surface area contributed by atoms with E-state index in [0.717, 1.165) is 19.2 Å². The van der Waals surface area contributed by atoms with Gasteiger partial charge in [-0.3, -0.25) is 4.79 Å². The fraction of sp³-hybridized carbons (Fsp3) is 0.588. The van der Waals surface area contributed by atoms with Crippen LogP contribution in [0, 0.1) is 5.92 Å². The summed E-state index contributed by atoms with van der Waals surface area (Å²) in [4.78, 5) is 15.0. The number of hydrogen-bond acceptors (Lipinski definition) is 2. The Hall–Kier alpha value is -1.76. The van der Waals surface area contributed by atoms with Crippen LogP contribution in [0.15, 0.2) is 24.3 Å². The highest BCUT2D eigenvalue weighted by molar-refractivity contribution is 5.76. The van der Waals surface area contributed by atoms with Gasteiger partial charge in [-0.15, -0.1) is 0 Å². The molecule has 7 heteroatoms. The van der Waals surface area contributed by atoms with E-state index in [1.165, 1.54) is 17.0 Å². The molecule has 1 fully saturated rings. The predicted molar refractivity (Wildman–Crippen MR) is 87.1 cm³/mol. The van der Waals surface area contributed by atoms with Gasteiger partial charge in [0.1, 0.15) is 0 Å². The summed E-state index contributed by atoms with van der Waals surface area (Å²) in [6.07, 6.45) is -4.32. The first kappa shape index (κ1) is 18.6. The molecule has 1 aromatic carbocycles. The van der Waals surface area contributed by atoms with Crippen LogP contribution in [-0.2, 0) is 11.0 Å². The van der Waals surface area contributed by atoms with Crippen molar-refractivity contribution < 1.29 is 22.9 Å². The van der Waals surface area contributed by atoms with Gasteiger partial charge >= 0.3 is 6.18 Å². The van der Waals surface area contributed by atoms with Crippen molar-refractivity contribution >= 4 is 11.6 Å². The first-order chi connectivity index (χ1) is 11.3. The fourth-order valence-electron chi connectivity index (χ4n) is 2.74. The van der Waals surface area contributed by atoms with E-state index >= 15 is 0 Å². The van der Waals surface area contributed by atoms with Crippen molar-refractivity contribution in [2.24, 2.45) is 5.92 Å². The average molecular weight is 344 g/mol. The van der Waals surface area contributed by atoms with Gasteiger partial charge in [-0.1, -0.05) is 19.9 Å². The lowest BCUT2D eigenvalue weighted by Crippen LogP contribution is -3.16. The minimum atomic E-state index is -4.32. The summed E-state index contributed by atoms with van der Waals surface area (Å²) in [7, 11) is 0. The molecule has 1 aromatic rings. The number of benzene rings is 1. The Morgan fingerprint density at radius 1 is 1.29 bits per heavy atom. The zero-order valence-corrected chi connectivity index (χ0v) is 14.1. The Bertz CT molecular complexity index is 552. The molecule has 2 N–H and O–H groups in total. The second-order valence-electron chi connectivity index (χ2n) is 6.66. The number of rotatable bonds is 5. The van der Waals surface area contributed by atoms with Crippen LogP contribution >= 0.6 is 0 Å². The summed E-state index contributed by atoms with van der Waals surface area (Å²) in [5.41, 5.74) is -0.0315. The van der Waals surface area contributed by atoms with E-state index < -0.39 is 11.7 Å². The van der Waals surface area contributed by atoms with Crippen LogP contribution in [0.3, 0.4) is 0 Å². The number of nitrogens with zero attached hydrogens (tertiary/aromatic N) is 1. The van der Waals surface area contributed by atoms with Crippen molar-refractivity contribution in [1.29, 1.82) is 0 Å². The molecule has 134 valence electrons. The van der Waals surface area contributed by atoms with Crippen molar-refractivity contribution in [1.82, 2.24) is 5.32 Å². The van der Waals surface area contributed by atoms with E-state index in [2.05, 4.69) is 5.32 Å². The average Bonchev–Trinajstić information content (AvgIpc) is 2.53. The second kappa shape index (κ2) is 7.88. The molecule has 0 aliphatic carbocycles. The number of amides is 1. The minimum absolute atomic E-state index is 0.0335. The van der Waals surface area contributed by atoms with E-state index in [1.807, 2.05) is 18.7 Å². The third-order valence-corrected chi connectivity index (χ3v) is 4.13. The highest BCUT2D eigenvalue weighted by Gasteiger charge is 2.31. The topological polar surface area (TPSA) is 36.8 Å². The number of piperazine rings is 1. The number of quaternary nitrogens is 1. The van der Waals surface area contributed by atoms with Crippen molar-refractivity contribution in [3.8, 4) is 0 Å². The molecule has 1 heterocycles. The molecule has 1 amide bonds.